The van der Waals surface area contributed by atoms with Crippen LogP contribution in [0.5, 0.6) is 0 Å². The number of hydrogen-bond donors (Lipinski definition) is 1. The minimum atomic E-state index is -1.00. The molecule has 2 aromatic carbocycles. The summed E-state index contributed by atoms with van der Waals surface area (Å²) in [6.45, 7) is 0.455. The largest absolute Gasteiger partial charge is 0.388 e. The van der Waals surface area contributed by atoms with Crippen LogP contribution in [0.25, 0.3) is 0 Å². The van der Waals surface area contributed by atoms with Crippen LogP contribution in [0, 0.1) is 0 Å². The highest BCUT2D eigenvalue weighted by atomic mass is 32.2. The molecular weight excluding hydrogens is 310 g/mol. The molecule has 0 bridgehead atoms. The fourth-order valence-corrected chi connectivity index (χ4v) is 2.78. The Labute approximate surface area is 139 Å². The van der Waals surface area contributed by atoms with Crippen molar-refractivity contribution in [2.75, 3.05) is 13.3 Å². The van der Waals surface area contributed by atoms with Gasteiger partial charge < -0.3 is 10.0 Å². The van der Waals surface area contributed by atoms with Gasteiger partial charge in [0, 0.05) is 35.5 Å². The average molecular weight is 331 g/mol. The number of amides is 1. The third-order valence-electron chi connectivity index (χ3n) is 3.65. The van der Waals surface area contributed by atoms with Crippen molar-refractivity contribution < 1.29 is 14.1 Å². The third-order valence-corrected chi connectivity index (χ3v) is 4.59. The van der Waals surface area contributed by atoms with E-state index in [1.807, 2.05) is 54.6 Å². The SMILES string of the molecule is CN(Cc1ccc(S(C)=O)cc1)C(=O)CC(O)c1ccccc1. The summed E-state index contributed by atoms with van der Waals surface area (Å²) >= 11 is 0. The van der Waals surface area contributed by atoms with E-state index in [4.69, 9.17) is 0 Å². The number of benzene rings is 2. The maximum absolute atomic E-state index is 12.2. The summed E-state index contributed by atoms with van der Waals surface area (Å²) in [7, 11) is 0.713. The van der Waals surface area contributed by atoms with E-state index in [9.17, 15) is 14.1 Å². The molecule has 5 heteroatoms. The van der Waals surface area contributed by atoms with Crippen molar-refractivity contribution in [3.8, 4) is 0 Å². The molecular formula is C18H21NO3S. The van der Waals surface area contributed by atoms with E-state index in [1.165, 1.54) is 0 Å². The number of carbonyl (C=O) groups is 1. The Bertz CT molecular complexity index is 670. The van der Waals surface area contributed by atoms with E-state index in [-0.39, 0.29) is 12.3 Å². The van der Waals surface area contributed by atoms with E-state index in [2.05, 4.69) is 0 Å². The molecule has 1 amide bonds. The Balaban J connectivity index is 1.93. The molecule has 2 atom stereocenters. The molecule has 0 heterocycles. The van der Waals surface area contributed by atoms with Crippen molar-refractivity contribution in [1.29, 1.82) is 0 Å². The predicted molar refractivity (Wildman–Crippen MR) is 91.3 cm³/mol. The van der Waals surface area contributed by atoms with Crippen LogP contribution in [-0.2, 0) is 22.1 Å². The zero-order valence-corrected chi connectivity index (χ0v) is 14.1. The van der Waals surface area contributed by atoms with Gasteiger partial charge in [-0.3, -0.25) is 9.00 Å². The highest BCUT2D eigenvalue weighted by molar-refractivity contribution is 7.84. The molecule has 1 N–H and O–H groups in total. The second kappa shape index (κ2) is 8.04. The van der Waals surface area contributed by atoms with Crippen LogP contribution in [-0.4, -0.2) is 33.4 Å². The number of aliphatic hydroxyl groups is 1. The Kier molecular flexibility index (Phi) is 6.07. The quantitative estimate of drug-likeness (QED) is 0.885. The van der Waals surface area contributed by atoms with Gasteiger partial charge in [-0.1, -0.05) is 42.5 Å². The fraction of sp³-hybridized carbons (Fsp3) is 0.278. The van der Waals surface area contributed by atoms with Gasteiger partial charge in [-0.25, -0.2) is 0 Å². The molecule has 0 aliphatic rings. The van der Waals surface area contributed by atoms with Crippen molar-refractivity contribution in [3.05, 3.63) is 65.7 Å². The standard InChI is InChI=1S/C18H21NO3S/c1-19(13-14-8-10-16(11-9-14)23(2)22)18(21)12-17(20)15-6-4-3-5-7-15/h3-11,17,20H,12-13H2,1-2H3. The summed E-state index contributed by atoms with van der Waals surface area (Å²) < 4.78 is 11.4. The summed E-state index contributed by atoms with van der Waals surface area (Å²) in [6, 6.07) is 16.5. The second-order valence-electron chi connectivity index (χ2n) is 5.48. The summed E-state index contributed by atoms with van der Waals surface area (Å²) in [4.78, 5) is 14.6. The van der Waals surface area contributed by atoms with Gasteiger partial charge in [-0.2, -0.15) is 0 Å². The van der Waals surface area contributed by atoms with Crippen molar-refractivity contribution in [2.24, 2.45) is 0 Å². The summed E-state index contributed by atoms with van der Waals surface area (Å²) in [6.07, 6.45) is 0.892. The summed E-state index contributed by atoms with van der Waals surface area (Å²) in [5.41, 5.74) is 1.70. The first kappa shape index (κ1) is 17.4. The molecule has 4 nitrogen and oxygen atoms in total. The second-order valence-corrected chi connectivity index (χ2v) is 6.86. The van der Waals surface area contributed by atoms with Gasteiger partial charge in [0.05, 0.1) is 12.5 Å². The number of nitrogens with zero attached hydrogens (tertiary/aromatic N) is 1. The molecule has 0 aliphatic carbocycles. The Hall–Kier alpha value is -1.98. The Morgan fingerprint density at radius 2 is 1.74 bits per heavy atom. The van der Waals surface area contributed by atoms with Gasteiger partial charge in [0.25, 0.3) is 0 Å². The lowest BCUT2D eigenvalue weighted by atomic mass is 10.1. The third kappa shape index (κ3) is 5.01. The van der Waals surface area contributed by atoms with Gasteiger partial charge >= 0.3 is 0 Å². The lowest BCUT2D eigenvalue weighted by Gasteiger charge is -2.19. The minimum Gasteiger partial charge on any atom is -0.388 e. The van der Waals surface area contributed by atoms with Crippen molar-refractivity contribution in [3.63, 3.8) is 0 Å². The first-order valence-corrected chi connectivity index (χ1v) is 8.92. The maximum Gasteiger partial charge on any atom is 0.225 e. The highest BCUT2D eigenvalue weighted by Crippen LogP contribution is 2.18. The molecule has 0 aliphatic heterocycles. The predicted octanol–water partition coefficient (Wildman–Crippen LogP) is 2.51. The highest BCUT2D eigenvalue weighted by Gasteiger charge is 2.16. The van der Waals surface area contributed by atoms with E-state index in [1.54, 1.807) is 18.2 Å². The Morgan fingerprint density at radius 1 is 1.13 bits per heavy atom. The molecule has 23 heavy (non-hydrogen) atoms. The lowest BCUT2D eigenvalue weighted by Crippen LogP contribution is -2.27. The van der Waals surface area contributed by atoms with Gasteiger partial charge in [0.2, 0.25) is 5.91 Å². The van der Waals surface area contributed by atoms with Gasteiger partial charge in [0.1, 0.15) is 0 Å². The van der Waals surface area contributed by atoms with Crippen LogP contribution in [0.15, 0.2) is 59.5 Å². The topological polar surface area (TPSA) is 57.6 Å². The molecule has 0 aromatic heterocycles. The average Bonchev–Trinajstić information content (AvgIpc) is 2.56. The zero-order chi connectivity index (χ0) is 16.8. The van der Waals surface area contributed by atoms with Crippen LogP contribution in [0.1, 0.15) is 23.7 Å². The molecule has 0 radical (unpaired) electrons. The van der Waals surface area contributed by atoms with Crippen LogP contribution in [0.2, 0.25) is 0 Å². The van der Waals surface area contributed by atoms with Crippen molar-refractivity contribution in [2.45, 2.75) is 24.0 Å². The minimum absolute atomic E-state index is 0.0531. The van der Waals surface area contributed by atoms with Gasteiger partial charge in [0.15, 0.2) is 0 Å². The van der Waals surface area contributed by atoms with Crippen molar-refractivity contribution in [1.82, 2.24) is 4.90 Å². The fourth-order valence-electron chi connectivity index (χ4n) is 2.26. The number of rotatable bonds is 6. The van der Waals surface area contributed by atoms with E-state index in [0.29, 0.717) is 6.54 Å². The van der Waals surface area contributed by atoms with Gasteiger partial charge in [-0.05, 0) is 23.3 Å². The number of carbonyl (C=O) groups excluding carboxylic acids is 1. The molecule has 0 fully saturated rings. The van der Waals surface area contributed by atoms with Crippen LogP contribution in [0.4, 0.5) is 0 Å². The number of aliphatic hydroxyl groups excluding tert-OH is 1. The summed E-state index contributed by atoms with van der Waals surface area (Å²) in [5.74, 6) is -0.121. The lowest BCUT2D eigenvalue weighted by molar-refractivity contribution is -0.132. The normalized spacial score (nSPS) is 13.3. The van der Waals surface area contributed by atoms with Crippen molar-refractivity contribution >= 4 is 16.7 Å². The Morgan fingerprint density at radius 3 is 2.30 bits per heavy atom. The van der Waals surface area contributed by atoms with Gasteiger partial charge in [-0.15, -0.1) is 0 Å². The first-order valence-electron chi connectivity index (χ1n) is 7.36. The zero-order valence-electron chi connectivity index (χ0n) is 13.3. The van der Waals surface area contributed by atoms with Crippen LogP contribution in [0.3, 0.4) is 0 Å². The molecule has 122 valence electrons. The molecule has 2 unspecified atom stereocenters. The number of hydrogen-bond acceptors (Lipinski definition) is 3. The van der Waals surface area contributed by atoms with E-state index >= 15 is 0 Å². The van der Waals surface area contributed by atoms with Crippen LogP contribution < -0.4 is 0 Å². The first-order chi connectivity index (χ1) is 11.0. The molecule has 0 saturated heterocycles. The molecule has 2 rings (SSSR count). The summed E-state index contributed by atoms with van der Waals surface area (Å²) in [5, 5.41) is 10.1. The van der Waals surface area contributed by atoms with E-state index < -0.39 is 16.9 Å². The van der Waals surface area contributed by atoms with Crippen LogP contribution >= 0.6 is 0 Å². The smallest absolute Gasteiger partial charge is 0.225 e. The molecule has 0 saturated carbocycles. The molecule has 2 aromatic rings. The molecule has 0 spiro atoms. The maximum atomic E-state index is 12.2. The monoisotopic (exact) mass is 331 g/mol. The van der Waals surface area contributed by atoms with E-state index in [0.717, 1.165) is 16.0 Å².